The number of nitrogens with one attached hydrogen (secondary N) is 1. The van der Waals surface area contributed by atoms with Crippen LogP contribution in [0, 0.1) is 6.92 Å². The predicted molar refractivity (Wildman–Crippen MR) is 76.3 cm³/mol. The van der Waals surface area contributed by atoms with Gasteiger partial charge in [0.15, 0.2) is 0 Å². The highest BCUT2D eigenvalue weighted by Crippen LogP contribution is 2.23. The summed E-state index contributed by atoms with van der Waals surface area (Å²) in [6.07, 6.45) is 3.73. The molecule has 2 rings (SSSR count). The van der Waals surface area contributed by atoms with Gasteiger partial charge in [-0.1, -0.05) is 25.1 Å². The molecule has 4 heteroatoms. The van der Waals surface area contributed by atoms with Crippen LogP contribution >= 0.6 is 0 Å². The van der Waals surface area contributed by atoms with Crippen LogP contribution in [0.3, 0.4) is 0 Å². The van der Waals surface area contributed by atoms with Crippen molar-refractivity contribution in [2.24, 2.45) is 0 Å². The highest BCUT2D eigenvalue weighted by atomic mass is 16.5. The van der Waals surface area contributed by atoms with Crippen LogP contribution in [0.2, 0.25) is 0 Å². The van der Waals surface area contributed by atoms with Gasteiger partial charge in [0.1, 0.15) is 12.4 Å². The first-order chi connectivity index (χ1) is 9.31. The van der Waals surface area contributed by atoms with Gasteiger partial charge in [-0.15, -0.1) is 0 Å². The van der Waals surface area contributed by atoms with Crippen molar-refractivity contribution in [1.82, 2.24) is 15.1 Å². The van der Waals surface area contributed by atoms with E-state index in [0.717, 1.165) is 25.4 Å². The lowest BCUT2D eigenvalue weighted by atomic mass is 10.1. The summed E-state index contributed by atoms with van der Waals surface area (Å²) in [5.41, 5.74) is 2.39. The first-order valence-electron chi connectivity index (χ1n) is 6.70. The highest BCUT2D eigenvalue weighted by Gasteiger charge is 2.06. The lowest BCUT2D eigenvalue weighted by Gasteiger charge is -2.14. The quantitative estimate of drug-likeness (QED) is 0.829. The minimum atomic E-state index is 0.631. The maximum atomic E-state index is 5.94. The van der Waals surface area contributed by atoms with Crippen LogP contribution in [0.5, 0.6) is 5.75 Å². The number of aryl methyl sites for hydroxylation is 1. The van der Waals surface area contributed by atoms with Crippen LogP contribution in [0.1, 0.15) is 18.1 Å². The van der Waals surface area contributed by atoms with Crippen molar-refractivity contribution in [2.45, 2.75) is 26.9 Å². The third-order valence-electron chi connectivity index (χ3n) is 2.98. The third kappa shape index (κ3) is 3.83. The van der Waals surface area contributed by atoms with Gasteiger partial charge >= 0.3 is 0 Å². The summed E-state index contributed by atoms with van der Waals surface area (Å²) in [6, 6.07) is 8.18. The number of aromatic nitrogens is 2. The molecule has 1 aromatic carbocycles. The number of hydrogen-bond acceptors (Lipinski definition) is 3. The molecule has 0 amide bonds. The number of rotatable bonds is 7. The van der Waals surface area contributed by atoms with E-state index in [0.29, 0.717) is 6.61 Å². The molecule has 0 saturated heterocycles. The Balaban J connectivity index is 1.97. The van der Waals surface area contributed by atoms with E-state index < -0.39 is 0 Å². The summed E-state index contributed by atoms with van der Waals surface area (Å²) in [5, 5.41) is 7.50. The van der Waals surface area contributed by atoms with Crippen molar-refractivity contribution in [2.75, 3.05) is 13.2 Å². The average Bonchev–Trinajstić information content (AvgIpc) is 2.92. The van der Waals surface area contributed by atoms with E-state index in [1.165, 1.54) is 11.1 Å². The van der Waals surface area contributed by atoms with Crippen LogP contribution in [0.25, 0.3) is 0 Å². The van der Waals surface area contributed by atoms with Crippen molar-refractivity contribution >= 4 is 0 Å². The maximum absolute atomic E-state index is 5.94. The smallest absolute Gasteiger partial charge is 0.126 e. The highest BCUT2D eigenvalue weighted by molar-refractivity contribution is 5.40. The van der Waals surface area contributed by atoms with Crippen molar-refractivity contribution in [3.05, 3.63) is 47.8 Å². The van der Waals surface area contributed by atoms with Gasteiger partial charge in [-0.25, -0.2) is 0 Å². The lowest BCUT2D eigenvalue weighted by Crippen LogP contribution is -2.15. The molecule has 19 heavy (non-hydrogen) atoms. The molecule has 2 aromatic rings. The molecule has 102 valence electrons. The Bertz CT molecular complexity index is 494. The van der Waals surface area contributed by atoms with Crippen LogP contribution in [-0.2, 0) is 13.1 Å². The van der Waals surface area contributed by atoms with Gasteiger partial charge in [0.25, 0.3) is 0 Å². The van der Waals surface area contributed by atoms with Gasteiger partial charge in [0.05, 0.1) is 6.54 Å². The molecule has 0 spiro atoms. The van der Waals surface area contributed by atoms with Crippen LogP contribution < -0.4 is 10.1 Å². The Hall–Kier alpha value is -1.81. The molecule has 0 aliphatic carbocycles. The molecule has 4 nitrogen and oxygen atoms in total. The van der Waals surface area contributed by atoms with Gasteiger partial charge in [-0.05, 0) is 25.1 Å². The summed E-state index contributed by atoms with van der Waals surface area (Å²) in [7, 11) is 0. The van der Waals surface area contributed by atoms with Crippen molar-refractivity contribution in [3.8, 4) is 5.75 Å². The number of hydrogen-bond donors (Lipinski definition) is 1. The first-order valence-corrected chi connectivity index (χ1v) is 6.70. The van der Waals surface area contributed by atoms with E-state index in [9.17, 15) is 0 Å². The molecule has 0 atom stereocenters. The fourth-order valence-corrected chi connectivity index (χ4v) is 1.99. The monoisotopic (exact) mass is 259 g/mol. The zero-order chi connectivity index (χ0) is 13.5. The summed E-state index contributed by atoms with van der Waals surface area (Å²) in [6.45, 7) is 7.39. The fourth-order valence-electron chi connectivity index (χ4n) is 1.99. The number of nitrogens with zero attached hydrogens (tertiary/aromatic N) is 2. The molecule has 0 saturated carbocycles. The van der Waals surface area contributed by atoms with Crippen LogP contribution in [-0.4, -0.2) is 22.9 Å². The minimum absolute atomic E-state index is 0.631. The molecule has 0 aliphatic rings. The number of para-hydroxylation sites is 1. The third-order valence-corrected chi connectivity index (χ3v) is 2.98. The van der Waals surface area contributed by atoms with Crippen molar-refractivity contribution in [3.63, 3.8) is 0 Å². The number of ether oxygens (including phenoxy) is 1. The summed E-state index contributed by atoms with van der Waals surface area (Å²) < 4.78 is 7.81. The predicted octanol–water partition coefficient (Wildman–Crippen LogP) is 2.38. The second-order valence-corrected chi connectivity index (χ2v) is 4.46. The molecule has 0 fully saturated rings. The molecular weight excluding hydrogens is 238 g/mol. The standard InChI is InChI=1S/C15H21N3O/c1-3-16-12-14-7-4-6-13(2)15(14)19-11-10-18-9-5-8-17-18/h4-9,16H,3,10-12H2,1-2H3. The van der Waals surface area contributed by atoms with E-state index in [1.807, 2.05) is 16.9 Å². The minimum Gasteiger partial charge on any atom is -0.491 e. The van der Waals surface area contributed by atoms with E-state index in [2.05, 4.69) is 42.5 Å². The molecule has 0 aliphatic heterocycles. The van der Waals surface area contributed by atoms with Gasteiger partial charge in [0.2, 0.25) is 0 Å². The lowest BCUT2D eigenvalue weighted by molar-refractivity contribution is 0.286. The number of benzene rings is 1. The maximum Gasteiger partial charge on any atom is 0.126 e. The summed E-state index contributed by atoms with van der Waals surface area (Å²) in [5.74, 6) is 0.996. The Labute approximate surface area is 114 Å². The van der Waals surface area contributed by atoms with Crippen molar-refractivity contribution < 1.29 is 4.74 Å². The molecule has 0 unspecified atom stereocenters. The van der Waals surface area contributed by atoms with Crippen LogP contribution in [0.4, 0.5) is 0 Å². The second kappa shape index (κ2) is 6.95. The summed E-state index contributed by atoms with van der Waals surface area (Å²) >= 11 is 0. The second-order valence-electron chi connectivity index (χ2n) is 4.46. The van der Waals surface area contributed by atoms with Gasteiger partial charge in [-0.2, -0.15) is 5.10 Å². The fraction of sp³-hybridized carbons (Fsp3) is 0.400. The molecule has 1 heterocycles. The Morgan fingerprint density at radius 1 is 1.32 bits per heavy atom. The summed E-state index contributed by atoms with van der Waals surface area (Å²) in [4.78, 5) is 0. The SMILES string of the molecule is CCNCc1cccc(C)c1OCCn1cccn1. The van der Waals surface area contributed by atoms with E-state index in [1.54, 1.807) is 6.20 Å². The average molecular weight is 259 g/mol. The zero-order valence-corrected chi connectivity index (χ0v) is 11.6. The van der Waals surface area contributed by atoms with E-state index in [4.69, 9.17) is 4.74 Å². The van der Waals surface area contributed by atoms with Crippen LogP contribution in [0.15, 0.2) is 36.7 Å². The molecule has 0 radical (unpaired) electrons. The first kappa shape index (κ1) is 13.6. The Kier molecular flexibility index (Phi) is 4.98. The van der Waals surface area contributed by atoms with Gasteiger partial charge < -0.3 is 10.1 Å². The van der Waals surface area contributed by atoms with Gasteiger partial charge in [-0.3, -0.25) is 4.68 Å². The molecule has 1 aromatic heterocycles. The molecular formula is C15H21N3O. The Morgan fingerprint density at radius 2 is 2.21 bits per heavy atom. The normalized spacial score (nSPS) is 10.6. The zero-order valence-electron chi connectivity index (χ0n) is 11.6. The molecule has 0 bridgehead atoms. The van der Waals surface area contributed by atoms with E-state index in [-0.39, 0.29) is 0 Å². The van der Waals surface area contributed by atoms with E-state index >= 15 is 0 Å². The van der Waals surface area contributed by atoms with Gasteiger partial charge in [0, 0.05) is 24.5 Å². The van der Waals surface area contributed by atoms with Crippen molar-refractivity contribution in [1.29, 1.82) is 0 Å². The largest absolute Gasteiger partial charge is 0.491 e. The topological polar surface area (TPSA) is 39.1 Å². The molecule has 1 N–H and O–H groups in total. The Morgan fingerprint density at radius 3 is 2.95 bits per heavy atom.